The minimum Gasteiger partial charge on any atom is -0.465 e. The van der Waals surface area contributed by atoms with Gasteiger partial charge in [0, 0.05) is 51.0 Å². The van der Waals surface area contributed by atoms with Crippen molar-refractivity contribution in [2.45, 2.75) is 51.2 Å². The molecular formula is C25H34N8O3. The largest absolute Gasteiger partial charge is 0.465 e. The number of ether oxygens (including phenoxy) is 1. The van der Waals surface area contributed by atoms with Crippen LogP contribution in [0.1, 0.15) is 55.3 Å². The van der Waals surface area contributed by atoms with Crippen LogP contribution in [0.25, 0.3) is 5.65 Å². The number of piperazine rings is 1. The van der Waals surface area contributed by atoms with Crippen LogP contribution in [0.4, 0.5) is 16.7 Å². The van der Waals surface area contributed by atoms with Gasteiger partial charge >= 0.3 is 6.09 Å². The summed E-state index contributed by atoms with van der Waals surface area (Å²) in [6, 6.07) is 8.11. The fourth-order valence-electron chi connectivity index (χ4n) is 4.83. The fraction of sp³-hybridized carbons (Fsp3) is 0.520. The fourth-order valence-corrected chi connectivity index (χ4v) is 4.83. The molecule has 0 aliphatic carbocycles. The number of carboxylic acid groups (broad SMARTS) is 1. The van der Waals surface area contributed by atoms with Gasteiger partial charge in [0.15, 0.2) is 5.65 Å². The monoisotopic (exact) mass is 494 g/mol. The van der Waals surface area contributed by atoms with Crippen molar-refractivity contribution >= 4 is 23.6 Å². The molecule has 4 N–H and O–H groups in total. The molecule has 5 rings (SSSR count). The van der Waals surface area contributed by atoms with Crippen LogP contribution in [0.5, 0.6) is 0 Å². The van der Waals surface area contributed by atoms with Crippen molar-refractivity contribution in [3.8, 4) is 0 Å². The highest BCUT2D eigenvalue weighted by Gasteiger charge is 2.27. The number of rotatable bonds is 7. The van der Waals surface area contributed by atoms with E-state index >= 15 is 0 Å². The molecule has 0 bridgehead atoms. The van der Waals surface area contributed by atoms with Crippen LogP contribution in [0.15, 0.2) is 30.5 Å². The molecule has 1 aromatic carbocycles. The van der Waals surface area contributed by atoms with Gasteiger partial charge in [0.05, 0.1) is 12.2 Å². The zero-order valence-electron chi connectivity index (χ0n) is 20.8. The number of nitrogens with one attached hydrogen (secondary N) is 3. The molecule has 3 aromatic rings. The molecule has 1 unspecified atom stereocenters. The molecule has 2 aliphatic heterocycles. The second kappa shape index (κ2) is 10.7. The second-order valence-corrected chi connectivity index (χ2v) is 9.69. The summed E-state index contributed by atoms with van der Waals surface area (Å²) < 4.78 is 7.24. The van der Waals surface area contributed by atoms with Crippen molar-refractivity contribution in [2.75, 3.05) is 43.5 Å². The molecule has 2 aliphatic rings. The maximum Gasteiger partial charge on any atom is 0.407 e. The number of nitrogens with zero attached hydrogens (tertiary/aromatic N) is 5. The first kappa shape index (κ1) is 24.3. The average Bonchev–Trinajstić information content (AvgIpc) is 3.32. The standard InChI is InChI=1S/C25H34N8O3/c1-16(2)20-14-28-33-22(20)30-23(29-19-6-10-36-11-7-19)31-24(33)27-13-17-4-3-5-18(12-17)21-15-26-8-9-32(21)25(34)35/h3-5,12,14,16,19,21,26H,6-11,13,15H2,1-2H3,(H,34,35)(H2,27,29,30,31). The van der Waals surface area contributed by atoms with Gasteiger partial charge in [-0.05, 0) is 29.9 Å². The molecule has 4 heterocycles. The van der Waals surface area contributed by atoms with Crippen LogP contribution in [-0.2, 0) is 11.3 Å². The Hall–Kier alpha value is -3.44. The summed E-state index contributed by atoms with van der Waals surface area (Å²) in [6.45, 7) is 7.99. The van der Waals surface area contributed by atoms with Gasteiger partial charge in [-0.25, -0.2) is 4.79 Å². The second-order valence-electron chi connectivity index (χ2n) is 9.69. The summed E-state index contributed by atoms with van der Waals surface area (Å²) in [6.07, 6.45) is 2.81. The van der Waals surface area contributed by atoms with Crippen LogP contribution in [0.3, 0.4) is 0 Å². The van der Waals surface area contributed by atoms with Crippen LogP contribution < -0.4 is 16.0 Å². The Kier molecular flexibility index (Phi) is 7.19. The van der Waals surface area contributed by atoms with Crippen molar-refractivity contribution in [1.82, 2.24) is 29.8 Å². The topological polar surface area (TPSA) is 129 Å². The molecule has 1 amide bonds. The van der Waals surface area contributed by atoms with Crippen molar-refractivity contribution in [1.29, 1.82) is 0 Å². The predicted octanol–water partition coefficient (Wildman–Crippen LogP) is 3.08. The molecule has 0 spiro atoms. The molecule has 192 valence electrons. The molecule has 36 heavy (non-hydrogen) atoms. The summed E-state index contributed by atoms with van der Waals surface area (Å²) in [5.41, 5.74) is 3.86. The minimum absolute atomic E-state index is 0.211. The number of hydrogen-bond acceptors (Lipinski definition) is 8. The Morgan fingerprint density at radius 1 is 1.28 bits per heavy atom. The third kappa shape index (κ3) is 5.21. The van der Waals surface area contributed by atoms with E-state index in [0.717, 1.165) is 48.4 Å². The first-order valence-electron chi connectivity index (χ1n) is 12.6. The number of hydrogen-bond donors (Lipinski definition) is 4. The van der Waals surface area contributed by atoms with Crippen LogP contribution in [0.2, 0.25) is 0 Å². The maximum atomic E-state index is 11.7. The predicted molar refractivity (Wildman–Crippen MR) is 136 cm³/mol. The minimum atomic E-state index is -0.891. The van der Waals surface area contributed by atoms with Crippen LogP contribution in [-0.4, -0.2) is 74.6 Å². The summed E-state index contributed by atoms with van der Waals surface area (Å²) in [7, 11) is 0. The third-order valence-electron chi connectivity index (χ3n) is 6.85. The summed E-state index contributed by atoms with van der Waals surface area (Å²) in [4.78, 5) is 22.8. The maximum absolute atomic E-state index is 11.7. The van der Waals surface area contributed by atoms with Crippen LogP contribution in [0, 0.1) is 0 Å². The molecule has 2 fully saturated rings. The Labute approximate surface area is 210 Å². The van der Waals surface area contributed by atoms with E-state index in [4.69, 9.17) is 14.7 Å². The average molecular weight is 495 g/mol. The van der Waals surface area contributed by atoms with Crippen LogP contribution >= 0.6 is 0 Å². The van der Waals surface area contributed by atoms with E-state index < -0.39 is 6.09 Å². The SMILES string of the molecule is CC(C)c1cnn2c(NCc3cccc(C4CNCCN4C(=O)O)c3)nc(NC3CCOCC3)nc12. The lowest BCUT2D eigenvalue weighted by atomic mass is 10.0. The van der Waals surface area contributed by atoms with Gasteiger partial charge in [0.25, 0.3) is 0 Å². The summed E-state index contributed by atoms with van der Waals surface area (Å²) in [5, 5.41) is 24.4. The van der Waals surface area contributed by atoms with Gasteiger partial charge < -0.3 is 25.8 Å². The number of aromatic nitrogens is 4. The van der Waals surface area contributed by atoms with Gasteiger partial charge in [-0.15, -0.1) is 0 Å². The quantitative estimate of drug-likeness (QED) is 0.392. The number of benzene rings is 1. The first-order chi connectivity index (χ1) is 17.5. The molecule has 11 heteroatoms. The molecule has 2 aromatic heterocycles. The number of fused-ring (bicyclic) bond motifs is 1. The number of amides is 1. The van der Waals surface area contributed by atoms with Gasteiger partial charge in [-0.3, -0.25) is 4.90 Å². The molecule has 11 nitrogen and oxygen atoms in total. The molecular weight excluding hydrogens is 460 g/mol. The van der Waals surface area contributed by atoms with Crippen molar-refractivity contribution < 1.29 is 14.6 Å². The highest BCUT2D eigenvalue weighted by Crippen LogP contribution is 2.25. The highest BCUT2D eigenvalue weighted by molar-refractivity contribution is 5.66. The van der Waals surface area contributed by atoms with E-state index in [1.54, 1.807) is 4.52 Å². The Morgan fingerprint density at radius 3 is 2.89 bits per heavy atom. The van der Waals surface area contributed by atoms with E-state index in [0.29, 0.717) is 38.1 Å². The van der Waals surface area contributed by atoms with E-state index in [1.165, 1.54) is 4.90 Å². The van der Waals surface area contributed by atoms with E-state index in [9.17, 15) is 9.90 Å². The third-order valence-corrected chi connectivity index (χ3v) is 6.85. The van der Waals surface area contributed by atoms with E-state index in [1.807, 2.05) is 24.4 Å². The number of anilines is 2. The zero-order valence-corrected chi connectivity index (χ0v) is 20.8. The summed E-state index contributed by atoms with van der Waals surface area (Å²) >= 11 is 0. The lowest BCUT2D eigenvalue weighted by Crippen LogP contribution is -2.48. The van der Waals surface area contributed by atoms with Crippen molar-refractivity contribution in [3.63, 3.8) is 0 Å². The Balaban J connectivity index is 1.39. The van der Waals surface area contributed by atoms with Gasteiger partial charge in [0.2, 0.25) is 11.9 Å². The van der Waals surface area contributed by atoms with Gasteiger partial charge in [0.1, 0.15) is 0 Å². The molecule has 0 radical (unpaired) electrons. The molecule has 1 atom stereocenters. The normalized spacial score (nSPS) is 19.1. The van der Waals surface area contributed by atoms with Crippen molar-refractivity contribution in [3.05, 3.63) is 47.2 Å². The lowest BCUT2D eigenvalue weighted by Gasteiger charge is -2.34. The van der Waals surface area contributed by atoms with E-state index in [2.05, 4.69) is 41.0 Å². The van der Waals surface area contributed by atoms with E-state index in [-0.39, 0.29) is 18.0 Å². The zero-order chi connectivity index (χ0) is 25.1. The summed E-state index contributed by atoms with van der Waals surface area (Å²) in [5.74, 6) is 1.47. The Morgan fingerprint density at radius 2 is 2.11 bits per heavy atom. The molecule has 2 saturated heterocycles. The lowest BCUT2D eigenvalue weighted by molar-refractivity contribution is 0.0903. The number of carbonyl (C=O) groups is 1. The van der Waals surface area contributed by atoms with Gasteiger partial charge in [-0.1, -0.05) is 38.1 Å². The smallest absolute Gasteiger partial charge is 0.407 e. The molecule has 0 saturated carbocycles. The Bertz CT molecular complexity index is 1210. The van der Waals surface area contributed by atoms with Gasteiger partial charge in [-0.2, -0.15) is 19.6 Å². The highest BCUT2D eigenvalue weighted by atomic mass is 16.5. The van der Waals surface area contributed by atoms with Crippen molar-refractivity contribution in [2.24, 2.45) is 0 Å². The first-order valence-corrected chi connectivity index (χ1v) is 12.6.